The van der Waals surface area contributed by atoms with E-state index in [4.69, 9.17) is 5.11 Å². The van der Waals surface area contributed by atoms with Gasteiger partial charge < -0.3 is 5.11 Å². The maximum Gasteiger partial charge on any atom is 0.0558 e. The van der Waals surface area contributed by atoms with Crippen LogP contribution in [-0.2, 0) is 0 Å². The first-order valence-corrected chi connectivity index (χ1v) is 5.68. The molecule has 2 unspecified atom stereocenters. The summed E-state index contributed by atoms with van der Waals surface area (Å²) in [5.41, 5.74) is 0. The molecule has 1 aliphatic carbocycles. The van der Waals surface area contributed by atoms with Gasteiger partial charge in [0.15, 0.2) is 0 Å². The fraction of sp³-hybridized carbons (Fsp3) is 0.833. The third kappa shape index (κ3) is 3.10. The number of rotatable bonds is 7. The molecule has 0 amide bonds. The first kappa shape index (κ1) is 11.7. The first-order valence-electron chi connectivity index (χ1n) is 5.68. The van der Waals surface area contributed by atoms with Crippen molar-refractivity contribution in [2.45, 2.75) is 45.2 Å². The van der Waals surface area contributed by atoms with E-state index in [9.17, 15) is 0 Å². The predicted octanol–water partition coefficient (Wildman–Crippen LogP) is 2.04. The lowest BCUT2D eigenvalue weighted by Crippen LogP contribution is -2.40. The van der Waals surface area contributed by atoms with Crippen molar-refractivity contribution in [1.82, 2.24) is 4.90 Å². The highest BCUT2D eigenvalue weighted by atomic mass is 16.3. The summed E-state index contributed by atoms with van der Waals surface area (Å²) in [7, 11) is 0. The van der Waals surface area contributed by atoms with Gasteiger partial charge in [-0.1, -0.05) is 13.0 Å². The molecule has 0 aliphatic heterocycles. The largest absolute Gasteiger partial charge is 0.395 e. The highest BCUT2D eigenvalue weighted by molar-refractivity contribution is 4.90. The van der Waals surface area contributed by atoms with Gasteiger partial charge in [0.05, 0.1) is 6.61 Å². The van der Waals surface area contributed by atoms with Gasteiger partial charge in [0.2, 0.25) is 0 Å². The molecule has 0 aromatic carbocycles. The minimum Gasteiger partial charge on any atom is -0.395 e. The van der Waals surface area contributed by atoms with E-state index in [0.29, 0.717) is 12.0 Å². The summed E-state index contributed by atoms with van der Waals surface area (Å²) in [5, 5.41) is 9.01. The van der Waals surface area contributed by atoms with E-state index >= 15 is 0 Å². The zero-order valence-electron chi connectivity index (χ0n) is 9.45. The summed E-state index contributed by atoms with van der Waals surface area (Å²) in [5.74, 6) is 0.639. The number of hydrogen-bond acceptors (Lipinski definition) is 2. The molecule has 2 nitrogen and oxygen atoms in total. The summed E-state index contributed by atoms with van der Waals surface area (Å²) in [4.78, 5) is 2.45. The van der Waals surface area contributed by atoms with E-state index in [2.05, 4.69) is 25.3 Å². The molecule has 14 heavy (non-hydrogen) atoms. The predicted molar refractivity (Wildman–Crippen MR) is 60.3 cm³/mol. The summed E-state index contributed by atoms with van der Waals surface area (Å²) in [6, 6.07) is 1.30. The van der Waals surface area contributed by atoms with E-state index in [0.717, 1.165) is 19.0 Å². The fourth-order valence-electron chi connectivity index (χ4n) is 2.03. The van der Waals surface area contributed by atoms with Gasteiger partial charge in [0.25, 0.3) is 0 Å². The smallest absolute Gasteiger partial charge is 0.0558 e. The third-order valence-corrected chi connectivity index (χ3v) is 3.26. The van der Waals surface area contributed by atoms with Crippen LogP contribution in [0.1, 0.15) is 33.1 Å². The number of aliphatic hydroxyl groups is 1. The molecule has 2 atom stereocenters. The van der Waals surface area contributed by atoms with Gasteiger partial charge in [-0.05, 0) is 32.1 Å². The van der Waals surface area contributed by atoms with E-state index < -0.39 is 0 Å². The van der Waals surface area contributed by atoms with Crippen LogP contribution in [-0.4, -0.2) is 35.2 Å². The number of aliphatic hydroxyl groups excluding tert-OH is 1. The number of allylic oxidation sites excluding steroid dienone is 1. The molecule has 1 fully saturated rings. The van der Waals surface area contributed by atoms with E-state index in [1.807, 2.05) is 6.08 Å². The standard InChI is InChI=1S/C12H23NO/c1-4-5-10(2)11(3)13(8-9-14)12-6-7-12/h4,10-12,14H,1,5-9H2,2-3H3. The first-order chi connectivity index (χ1) is 6.70. The number of hydrogen-bond donors (Lipinski definition) is 1. The average molecular weight is 197 g/mol. The molecule has 0 aromatic rings. The molecule has 0 saturated heterocycles. The van der Waals surface area contributed by atoms with Crippen molar-refractivity contribution in [1.29, 1.82) is 0 Å². The lowest BCUT2D eigenvalue weighted by Gasteiger charge is -2.32. The highest BCUT2D eigenvalue weighted by Gasteiger charge is 2.33. The van der Waals surface area contributed by atoms with Crippen molar-refractivity contribution in [2.24, 2.45) is 5.92 Å². The van der Waals surface area contributed by atoms with Crippen LogP contribution >= 0.6 is 0 Å². The van der Waals surface area contributed by atoms with Crippen LogP contribution in [0.2, 0.25) is 0 Å². The van der Waals surface area contributed by atoms with Gasteiger partial charge in [-0.3, -0.25) is 4.90 Å². The highest BCUT2D eigenvalue weighted by Crippen LogP contribution is 2.30. The molecule has 1 aliphatic rings. The topological polar surface area (TPSA) is 23.5 Å². The Labute approximate surface area is 87.6 Å². The van der Waals surface area contributed by atoms with Crippen LogP contribution in [0.5, 0.6) is 0 Å². The third-order valence-electron chi connectivity index (χ3n) is 3.26. The zero-order chi connectivity index (χ0) is 10.6. The molecule has 2 heteroatoms. The van der Waals surface area contributed by atoms with Gasteiger partial charge in [-0.15, -0.1) is 6.58 Å². The second-order valence-corrected chi connectivity index (χ2v) is 4.43. The normalized spacial score (nSPS) is 20.9. The summed E-state index contributed by atoms with van der Waals surface area (Å²) >= 11 is 0. The van der Waals surface area contributed by atoms with Crippen molar-refractivity contribution in [2.75, 3.05) is 13.2 Å². The second-order valence-electron chi connectivity index (χ2n) is 4.43. The quantitative estimate of drug-likeness (QED) is 0.631. The molecule has 1 saturated carbocycles. The molecule has 1 rings (SSSR count). The van der Waals surface area contributed by atoms with Gasteiger partial charge >= 0.3 is 0 Å². The van der Waals surface area contributed by atoms with Crippen LogP contribution < -0.4 is 0 Å². The Hall–Kier alpha value is -0.340. The van der Waals surface area contributed by atoms with Crippen LogP contribution in [0.4, 0.5) is 0 Å². The van der Waals surface area contributed by atoms with Crippen molar-refractivity contribution < 1.29 is 5.11 Å². The van der Waals surface area contributed by atoms with Crippen LogP contribution in [0.3, 0.4) is 0 Å². The minimum absolute atomic E-state index is 0.279. The van der Waals surface area contributed by atoms with Gasteiger partial charge in [0.1, 0.15) is 0 Å². The lowest BCUT2D eigenvalue weighted by atomic mass is 9.98. The van der Waals surface area contributed by atoms with Crippen molar-refractivity contribution in [3.8, 4) is 0 Å². The molecule has 0 bridgehead atoms. The fourth-order valence-corrected chi connectivity index (χ4v) is 2.03. The van der Waals surface area contributed by atoms with E-state index in [-0.39, 0.29) is 6.61 Å². The van der Waals surface area contributed by atoms with Crippen LogP contribution in [0, 0.1) is 5.92 Å². The van der Waals surface area contributed by atoms with Gasteiger partial charge in [-0.2, -0.15) is 0 Å². The van der Waals surface area contributed by atoms with Crippen molar-refractivity contribution in [3.63, 3.8) is 0 Å². The SMILES string of the molecule is C=CCC(C)C(C)N(CCO)C1CC1. The minimum atomic E-state index is 0.279. The van der Waals surface area contributed by atoms with Crippen LogP contribution in [0.15, 0.2) is 12.7 Å². The maximum atomic E-state index is 9.01. The monoisotopic (exact) mass is 197 g/mol. The number of nitrogens with zero attached hydrogens (tertiary/aromatic N) is 1. The molecule has 0 heterocycles. The molecular formula is C12H23NO. The zero-order valence-corrected chi connectivity index (χ0v) is 9.45. The Morgan fingerprint density at radius 2 is 2.14 bits per heavy atom. The molecule has 82 valence electrons. The Kier molecular flexibility index (Phi) is 4.63. The molecule has 0 aromatic heterocycles. The van der Waals surface area contributed by atoms with Crippen LogP contribution in [0.25, 0.3) is 0 Å². The molecule has 0 spiro atoms. The Balaban J connectivity index is 2.43. The van der Waals surface area contributed by atoms with Crippen molar-refractivity contribution in [3.05, 3.63) is 12.7 Å². The lowest BCUT2D eigenvalue weighted by molar-refractivity contribution is 0.120. The second kappa shape index (κ2) is 5.52. The summed E-state index contributed by atoms with van der Waals surface area (Å²) in [6.07, 6.45) is 5.68. The van der Waals surface area contributed by atoms with Crippen molar-refractivity contribution >= 4 is 0 Å². The maximum absolute atomic E-state index is 9.01. The Bertz CT molecular complexity index is 177. The molecule has 0 radical (unpaired) electrons. The Morgan fingerprint density at radius 3 is 2.57 bits per heavy atom. The van der Waals surface area contributed by atoms with Gasteiger partial charge in [-0.25, -0.2) is 0 Å². The van der Waals surface area contributed by atoms with E-state index in [1.165, 1.54) is 12.8 Å². The average Bonchev–Trinajstić information content (AvgIpc) is 2.97. The van der Waals surface area contributed by atoms with E-state index in [1.54, 1.807) is 0 Å². The van der Waals surface area contributed by atoms with Gasteiger partial charge in [0, 0.05) is 18.6 Å². The summed E-state index contributed by atoms with van der Waals surface area (Å²) in [6.45, 7) is 9.42. The molecule has 1 N–H and O–H groups in total. The molecular weight excluding hydrogens is 174 g/mol. The summed E-state index contributed by atoms with van der Waals surface area (Å²) < 4.78 is 0. The Morgan fingerprint density at radius 1 is 1.50 bits per heavy atom.